The van der Waals surface area contributed by atoms with Crippen molar-refractivity contribution < 1.29 is 32.2 Å². The third-order valence-electron chi connectivity index (χ3n) is 6.79. The number of fused-ring (bicyclic) bond motifs is 1. The minimum Gasteiger partial charge on any atom is -0.485 e. The zero-order chi connectivity index (χ0) is 29.9. The Balaban J connectivity index is 1.68. The van der Waals surface area contributed by atoms with Crippen LogP contribution in [0.4, 0.5) is 20.6 Å². The number of benzene rings is 2. The maximum absolute atomic E-state index is 13.6. The summed E-state index contributed by atoms with van der Waals surface area (Å²) < 4.78 is 49.8. The van der Waals surface area contributed by atoms with Gasteiger partial charge in [-0.25, -0.2) is 14.2 Å². The molecule has 2 heterocycles. The Morgan fingerprint density at radius 2 is 1.98 bits per heavy atom. The number of para-hydroxylation sites is 1. The molecule has 0 radical (unpaired) electrons. The van der Waals surface area contributed by atoms with E-state index in [-0.39, 0.29) is 47.6 Å². The highest BCUT2D eigenvalue weighted by atomic mass is 32.2. The van der Waals surface area contributed by atoms with Gasteiger partial charge in [0.15, 0.2) is 10.8 Å². The number of likely N-dealkylation sites (N-methyl/N-ethyl adjacent to an activating group) is 1. The molecule has 3 N–H and O–H groups in total. The van der Waals surface area contributed by atoms with Gasteiger partial charge in [0, 0.05) is 38.4 Å². The Morgan fingerprint density at radius 3 is 2.61 bits per heavy atom. The van der Waals surface area contributed by atoms with Crippen molar-refractivity contribution in [1.82, 2.24) is 19.4 Å². The number of ether oxygens (including phenoxy) is 1. The molecule has 12 nitrogen and oxygen atoms in total. The molecule has 220 valence electrons. The first kappa shape index (κ1) is 29.8. The molecule has 3 atom stereocenters. The van der Waals surface area contributed by atoms with Crippen molar-refractivity contribution in [1.29, 1.82) is 0 Å². The van der Waals surface area contributed by atoms with Gasteiger partial charge in [0.2, 0.25) is 0 Å². The average molecular weight is 589 g/mol. The molecule has 41 heavy (non-hydrogen) atoms. The van der Waals surface area contributed by atoms with Crippen LogP contribution in [0.15, 0.2) is 60.0 Å². The maximum atomic E-state index is 13.6. The molecule has 0 fully saturated rings. The molecule has 0 bridgehead atoms. The Bertz CT molecular complexity index is 1510. The number of imidazole rings is 1. The zero-order valence-corrected chi connectivity index (χ0v) is 23.9. The fourth-order valence-electron chi connectivity index (χ4n) is 4.37. The predicted molar refractivity (Wildman–Crippen MR) is 150 cm³/mol. The van der Waals surface area contributed by atoms with Crippen LogP contribution in [0.1, 0.15) is 24.2 Å². The highest BCUT2D eigenvalue weighted by molar-refractivity contribution is 7.92. The molecule has 1 aliphatic heterocycles. The number of carbonyl (C=O) groups is 2. The number of hydrogen-bond acceptors (Lipinski definition) is 7. The number of hydrogen-bond donors (Lipinski definition) is 3. The lowest BCUT2D eigenvalue weighted by Gasteiger charge is -2.38. The molecule has 14 heteroatoms. The zero-order valence-electron chi connectivity index (χ0n) is 23.1. The Labute approximate surface area is 237 Å². The van der Waals surface area contributed by atoms with E-state index in [9.17, 15) is 27.5 Å². The van der Waals surface area contributed by atoms with Crippen molar-refractivity contribution in [2.24, 2.45) is 13.0 Å². The van der Waals surface area contributed by atoms with Crippen molar-refractivity contribution >= 4 is 33.3 Å². The number of anilines is 2. The van der Waals surface area contributed by atoms with Gasteiger partial charge in [0.25, 0.3) is 15.9 Å². The summed E-state index contributed by atoms with van der Waals surface area (Å²) in [4.78, 5) is 33.4. The summed E-state index contributed by atoms with van der Waals surface area (Å²) >= 11 is 0. The number of aliphatic hydroxyl groups excluding tert-OH is 1. The van der Waals surface area contributed by atoms with Crippen molar-refractivity contribution in [3.8, 4) is 5.75 Å². The van der Waals surface area contributed by atoms with Crippen molar-refractivity contribution in [2.75, 3.05) is 36.8 Å². The molecule has 1 aromatic heterocycles. The summed E-state index contributed by atoms with van der Waals surface area (Å²) in [5, 5.41) is 12.3. The van der Waals surface area contributed by atoms with Crippen LogP contribution in [0, 0.1) is 11.7 Å². The smallest absolute Gasteiger partial charge is 0.321 e. The van der Waals surface area contributed by atoms with Crippen molar-refractivity contribution in [3.05, 3.63) is 66.4 Å². The number of amides is 3. The van der Waals surface area contributed by atoms with Gasteiger partial charge in [-0.05, 0) is 43.3 Å². The van der Waals surface area contributed by atoms with Crippen LogP contribution in [-0.2, 0) is 17.1 Å². The summed E-state index contributed by atoms with van der Waals surface area (Å²) in [6.07, 6.45) is 1.99. The van der Waals surface area contributed by atoms with Crippen LogP contribution in [0.25, 0.3) is 0 Å². The van der Waals surface area contributed by atoms with E-state index in [0.29, 0.717) is 5.69 Å². The molecule has 0 saturated heterocycles. The van der Waals surface area contributed by atoms with Gasteiger partial charge in [-0.1, -0.05) is 13.0 Å². The number of rotatable bonds is 8. The Hall–Kier alpha value is -4.17. The highest BCUT2D eigenvalue weighted by Crippen LogP contribution is 2.36. The van der Waals surface area contributed by atoms with Gasteiger partial charge in [-0.2, -0.15) is 8.42 Å². The van der Waals surface area contributed by atoms with E-state index in [1.165, 1.54) is 69.4 Å². The van der Waals surface area contributed by atoms with Crippen LogP contribution >= 0.6 is 0 Å². The van der Waals surface area contributed by atoms with E-state index in [4.69, 9.17) is 4.74 Å². The first-order valence-electron chi connectivity index (χ1n) is 12.9. The highest BCUT2D eigenvalue weighted by Gasteiger charge is 2.35. The number of aromatic nitrogens is 2. The largest absolute Gasteiger partial charge is 0.485 e. The summed E-state index contributed by atoms with van der Waals surface area (Å²) in [7, 11) is -0.937. The van der Waals surface area contributed by atoms with Gasteiger partial charge in [-0.15, -0.1) is 0 Å². The number of urea groups is 1. The van der Waals surface area contributed by atoms with E-state index in [0.717, 1.165) is 0 Å². The number of halogens is 1. The fraction of sp³-hybridized carbons (Fsp3) is 0.370. The minimum absolute atomic E-state index is 0.00367. The fourth-order valence-corrected chi connectivity index (χ4v) is 5.42. The Morgan fingerprint density at radius 1 is 1.27 bits per heavy atom. The van der Waals surface area contributed by atoms with Crippen LogP contribution in [-0.4, -0.2) is 83.7 Å². The van der Waals surface area contributed by atoms with Gasteiger partial charge in [-0.3, -0.25) is 9.52 Å². The molecule has 0 saturated carbocycles. The van der Waals surface area contributed by atoms with E-state index < -0.39 is 39.9 Å². The van der Waals surface area contributed by atoms with Crippen molar-refractivity contribution in [3.63, 3.8) is 0 Å². The second kappa shape index (κ2) is 12.1. The number of aryl methyl sites for hydroxylation is 1. The molecule has 3 amide bonds. The van der Waals surface area contributed by atoms with Gasteiger partial charge in [0.05, 0.1) is 36.8 Å². The van der Waals surface area contributed by atoms with E-state index in [2.05, 4.69) is 15.0 Å². The summed E-state index contributed by atoms with van der Waals surface area (Å²) in [5.41, 5.74) is 0.525. The lowest BCUT2D eigenvalue weighted by Crippen LogP contribution is -2.50. The maximum Gasteiger partial charge on any atom is 0.321 e. The predicted octanol–water partition coefficient (Wildman–Crippen LogP) is 2.74. The second-order valence-electron chi connectivity index (χ2n) is 10.1. The average Bonchev–Trinajstić information content (AvgIpc) is 3.39. The topological polar surface area (TPSA) is 146 Å². The number of carbonyl (C=O) groups excluding carboxylic acids is 2. The SMILES string of the molecule is C[C@@H]1CN([C@@H](C)CO)C(=O)c2cccc(NS(=O)(=O)c3cn(C)cn3)c2O[C@H]1CN(C)C(=O)Nc1ccc(F)cc1. The quantitative estimate of drug-likeness (QED) is 0.367. The van der Waals surface area contributed by atoms with Crippen LogP contribution in [0.2, 0.25) is 0 Å². The molecule has 1 aliphatic rings. The Kier molecular flexibility index (Phi) is 8.83. The molecule has 0 unspecified atom stereocenters. The monoisotopic (exact) mass is 588 g/mol. The van der Waals surface area contributed by atoms with Crippen molar-refractivity contribution in [2.45, 2.75) is 31.0 Å². The van der Waals surface area contributed by atoms with Crippen LogP contribution in [0.5, 0.6) is 5.75 Å². The minimum atomic E-state index is -4.13. The number of nitrogens with one attached hydrogen (secondary N) is 2. The lowest BCUT2D eigenvalue weighted by atomic mass is 9.99. The molecule has 3 aromatic rings. The van der Waals surface area contributed by atoms with E-state index in [1.54, 1.807) is 21.0 Å². The number of nitrogens with zero attached hydrogens (tertiary/aromatic N) is 4. The molecule has 2 aromatic carbocycles. The number of sulfonamides is 1. The third kappa shape index (κ3) is 6.77. The molecule has 4 rings (SSSR count). The normalized spacial score (nSPS) is 18.0. The van der Waals surface area contributed by atoms with E-state index in [1.807, 2.05) is 6.92 Å². The first-order valence-corrected chi connectivity index (χ1v) is 14.4. The molecular weight excluding hydrogens is 555 g/mol. The first-order chi connectivity index (χ1) is 19.4. The molecule has 0 aliphatic carbocycles. The second-order valence-corrected chi connectivity index (χ2v) is 11.7. The lowest BCUT2D eigenvalue weighted by molar-refractivity contribution is 0.0373. The third-order valence-corrected chi connectivity index (χ3v) is 8.04. The van der Waals surface area contributed by atoms with Crippen LogP contribution in [0.3, 0.4) is 0 Å². The molecule has 0 spiro atoms. The standard InChI is InChI=1S/C27H33FN6O6S/c1-17-12-34(18(2)15-35)26(36)21-6-5-7-22(31-41(38,39)24-14-32(3)16-29-24)25(21)40-23(17)13-33(4)27(37)30-20-10-8-19(28)9-11-20/h5-11,14,16-18,23,31,35H,12-13,15H2,1-4H3,(H,30,37)/t17-,18+,23+/m1/s1. The summed E-state index contributed by atoms with van der Waals surface area (Å²) in [6, 6.07) is 8.84. The van der Waals surface area contributed by atoms with Gasteiger partial charge in [0.1, 0.15) is 11.9 Å². The van der Waals surface area contributed by atoms with Gasteiger partial charge >= 0.3 is 6.03 Å². The summed E-state index contributed by atoms with van der Waals surface area (Å²) in [5.74, 6) is -1.22. The van der Waals surface area contributed by atoms with E-state index >= 15 is 0 Å². The van der Waals surface area contributed by atoms with Gasteiger partial charge < -0.3 is 29.5 Å². The summed E-state index contributed by atoms with van der Waals surface area (Å²) in [6.45, 7) is 3.53. The van der Waals surface area contributed by atoms with Crippen LogP contribution < -0.4 is 14.8 Å². The number of aliphatic hydroxyl groups is 1. The molecular formula is C27H33FN6O6S.